The lowest BCUT2D eigenvalue weighted by molar-refractivity contribution is -0.138. The summed E-state index contributed by atoms with van der Waals surface area (Å²) in [4.78, 5) is 50.5. The summed E-state index contributed by atoms with van der Waals surface area (Å²) < 4.78 is 28.9. The molecule has 0 bridgehead atoms. The van der Waals surface area contributed by atoms with E-state index < -0.39 is 5.97 Å². The van der Waals surface area contributed by atoms with Crippen molar-refractivity contribution in [1.82, 2.24) is 9.80 Å². The molecule has 4 aliphatic heterocycles. The molecule has 2 atom stereocenters. The summed E-state index contributed by atoms with van der Waals surface area (Å²) in [6, 6.07) is 14.5. The number of methoxy groups -OCH3 is 1. The number of unbranched alkanes of at least 4 members (excludes halogenated alkanes) is 2. The molecular formula is C43H46N4O9. The summed E-state index contributed by atoms with van der Waals surface area (Å²) in [6.45, 7) is 8.29. The van der Waals surface area contributed by atoms with Crippen molar-refractivity contribution in [3.63, 3.8) is 0 Å². The fourth-order valence-corrected chi connectivity index (χ4v) is 7.18. The molecule has 0 unspecified atom stereocenters. The van der Waals surface area contributed by atoms with Crippen LogP contribution in [-0.2, 0) is 9.53 Å². The first-order valence-electron chi connectivity index (χ1n) is 18.9. The molecule has 0 radical (unpaired) electrons. The lowest BCUT2D eigenvalue weighted by Crippen LogP contribution is -2.35. The predicted octanol–water partition coefficient (Wildman–Crippen LogP) is 6.96. The molecular weight excluding hydrogens is 716 g/mol. The van der Waals surface area contributed by atoms with E-state index in [9.17, 15) is 14.4 Å². The molecule has 13 heteroatoms. The average Bonchev–Trinajstić information content (AvgIpc) is 3.74. The number of hydrogen-bond acceptors (Lipinski definition) is 10. The van der Waals surface area contributed by atoms with Gasteiger partial charge in [0.25, 0.3) is 11.8 Å². The summed E-state index contributed by atoms with van der Waals surface area (Å²) >= 11 is 0. The number of amides is 2. The van der Waals surface area contributed by atoms with Gasteiger partial charge in [-0.25, -0.2) is 0 Å². The number of carboxylic acid groups (broad SMARTS) is 1. The third-order valence-corrected chi connectivity index (χ3v) is 10.2. The maximum Gasteiger partial charge on any atom is 0.305 e. The largest absolute Gasteiger partial charge is 0.493 e. The van der Waals surface area contributed by atoms with Gasteiger partial charge >= 0.3 is 5.97 Å². The fraction of sp³-hybridized carbons (Fsp3) is 0.372. The van der Waals surface area contributed by atoms with Crippen LogP contribution in [0.15, 0.2) is 76.9 Å². The Morgan fingerprint density at radius 1 is 0.804 bits per heavy atom. The van der Waals surface area contributed by atoms with Crippen molar-refractivity contribution < 1.29 is 43.2 Å². The minimum atomic E-state index is -0.897. The topological polar surface area (TPSA) is 149 Å². The van der Waals surface area contributed by atoms with E-state index in [1.165, 1.54) is 0 Å². The maximum atomic E-state index is 13.8. The average molecular weight is 763 g/mol. The minimum Gasteiger partial charge on any atom is -0.493 e. The first-order chi connectivity index (χ1) is 27.2. The van der Waals surface area contributed by atoms with Crippen molar-refractivity contribution in [3.8, 4) is 23.0 Å². The van der Waals surface area contributed by atoms with Crippen LogP contribution in [0.25, 0.3) is 5.57 Å². The van der Waals surface area contributed by atoms with Gasteiger partial charge in [0, 0.05) is 43.7 Å². The molecule has 3 aromatic carbocycles. The monoisotopic (exact) mass is 762 g/mol. The van der Waals surface area contributed by atoms with Crippen molar-refractivity contribution in [2.24, 2.45) is 9.98 Å². The molecule has 2 amide bonds. The second-order valence-corrected chi connectivity index (χ2v) is 14.2. The number of fused-ring (bicyclic) bond motifs is 4. The smallest absolute Gasteiger partial charge is 0.305 e. The summed E-state index contributed by atoms with van der Waals surface area (Å²) in [7, 11) is 1.55. The van der Waals surface area contributed by atoms with Gasteiger partial charge in [-0.1, -0.05) is 24.3 Å². The zero-order valence-electron chi connectivity index (χ0n) is 31.7. The number of carbonyl (C=O) groups is 3. The highest BCUT2D eigenvalue weighted by Crippen LogP contribution is 2.40. The molecule has 4 aliphatic rings. The third kappa shape index (κ3) is 8.63. The van der Waals surface area contributed by atoms with Crippen LogP contribution in [0, 0.1) is 6.92 Å². The maximum absolute atomic E-state index is 13.8. The molecule has 56 heavy (non-hydrogen) atoms. The number of nitrogens with zero attached hydrogens (tertiary/aromatic N) is 4. The Labute approximate surface area is 325 Å². The van der Waals surface area contributed by atoms with Gasteiger partial charge < -0.3 is 38.6 Å². The quantitative estimate of drug-likeness (QED) is 0.114. The molecule has 0 spiro atoms. The summed E-state index contributed by atoms with van der Waals surface area (Å²) in [5.41, 5.74) is 6.12. The molecule has 1 fully saturated rings. The summed E-state index contributed by atoms with van der Waals surface area (Å²) in [6.07, 6.45) is 9.32. The Balaban J connectivity index is 0.885. The number of benzene rings is 3. The zero-order valence-corrected chi connectivity index (χ0v) is 31.7. The molecule has 3 aromatic rings. The van der Waals surface area contributed by atoms with Crippen LogP contribution in [0.5, 0.6) is 23.0 Å². The van der Waals surface area contributed by atoms with Gasteiger partial charge in [-0.15, -0.1) is 0 Å². The van der Waals surface area contributed by atoms with Crippen LogP contribution in [0.1, 0.15) is 70.4 Å². The van der Waals surface area contributed by atoms with Gasteiger partial charge in [0.1, 0.15) is 18.1 Å². The molecule has 13 nitrogen and oxygen atoms in total. The minimum absolute atomic E-state index is 0.0177. The number of ether oxygens (including phenoxy) is 5. The van der Waals surface area contributed by atoms with Crippen LogP contribution in [0.3, 0.4) is 0 Å². The zero-order chi connectivity index (χ0) is 39.2. The van der Waals surface area contributed by atoms with E-state index in [4.69, 9.17) is 33.8 Å². The molecule has 1 saturated heterocycles. The molecule has 0 aromatic heterocycles. The Hall–Kier alpha value is -5.95. The van der Waals surface area contributed by atoms with Gasteiger partial charge in [-0.3, -0.25) is 24.4 Å². The van der Waals surface area contributed by atoms with Crippen molar-refractivity contribution in [2.45, 2.75) is 57.5 Å². The Morgan fingerprint density at radius 2 is 1.50 bits per heavy atom. The standard InChI is InChI=1S/C43H46N4O9/c1-27-17-31-23-44-36-21-38(28(2)18-34(36)42(50)46(31)25-27)55-12-5-4-6-13-56-40-22-37-35(20-39(40)52-3)43(51)47-26-30(19-32(47)24-45-37)29-7-9-33(10-8-29)54-16-15-53-14-11-41(48)49/h7-10,18,20-24,26,31-32H,1,4-6,11-17,19,25H2,2-3H3,(H,48,49)/t31-,32-/m0/s1. The SMILES string of the molecule is C=C1C[C@H]2C=Nc3cc(OCCCCCOc4cc5c(cc4OC)C(=O)N4C=C(c6ccc(OCCOCCC(=O)O)cc6)C[C@H]4C=N5)c(C)cc3C(=O)N2C1. The van der Waals surface area contributed by atoms with Crippen molar-refractivity contribution in [2.75, 3.05) is 46.7 Å². The van der Waals surface area contributed by atoms with Gasteiger partial charge in [0.05, 0.1) is 74.5 Å². The number of aliphatic imine (C=N–C) groups is 2. The van der Waals surface area contributed by atoms with E-state index in [1.54, 1.807) is 24.1 Å². The molecule has 292 valence electrons. The Morgan fingerprint density at radius 3 is 2.23 bits per heavy atom. The van der Waals surface area contributed by atoms with Crippen LogP contribution in [0.4, 0.5) is 11.4 Å². The Kier molecular flexibility index (Phi) is 11.8. The third-order valence-electron chi connectivity index (χ3n) is 10.2. The lowest BCUT2D eigenvalue weighted by Gasteiger charge is -2.20. The van der Waals surface area contributed by atoms with E-state index in [1.807, 2.05) is 66.9 Å². The van der Waals surface area contributed by atoms with E-state index in [0.717, 1.165) is 53.7 Å². The Bertz CT molecular complexity index is 2090. The second-order valence-electron chi connectivity index (χ2n) is 14.2. The first kappa shape index (κ1) is 38.3. The summed E-state index contributed by atoms with van der Waals surface area (Å²) in [5, 5.41) is 8.69. The number of carboxylic acids is 1. The van der Waals surface area contributed by atoms with E-state index in [2.05, 4.69) is 11.6 Å². The van der Waals surface area contributed by atoms with Gasteiger partial charge in [0.15, 0.2) is 11.5 Å². The van der Waals surface area contributed by atoms with E-state index in [-0.39, 0.29) is 36.9 Å². The molecule has 0 aliphatic carbocycles. The molecule has 0 saturated carbocycles. The van der Waals surface area contributed by atoms with Crippen LogP contribution < -0.4 is 18.9 Å². The van der Waals surface area contributed by atoms with Gasteiger partial charge in [0.2, 0.25) is 0 Å². The van der Waals surface area contributed by atoms with E-state index in [0.29, 0.717) is 79.1 Å². The molecule has 4 heterocycles. The fourth-order valence-electron chi connectivity index (χ4n) is 7.18. The van der Waals surface area contributed by atoms with Gasteiger partial charge in [-0.05, 0) is 73.6 Å². The molecule has 1 N–H and O–H groups in total. The first-order valence-corrected chi connectivity index (χ1v) is 18.9. The van der Waals surface area contributed by atoms with Crippen molar-refractivity contribution >= 4 is 47.2 Å². The predicted molar refractivity (Wildman–Crippen MR) is 211 cm³/mol. The van der Waals surface area contributed by atoms with Crippen LogP contribution in [-0.4, -0.2) is 104 Å². The summed E-state index contributed by atoms with van der Waals surface area (Å²) in [5.74, 6) is 1.31. The highest BCUT2D eigenvalue weighted by molar-refractivity contribution is 6.06. The van der Waals surface area contributed by atoms with Crippen LogP contribution in [0.2, 0.25) is 0 Å². The highest BCUT2D eigenvalue weighted by atomic mass is 16.5. The second kappa shape index (κ2) is 17.2. The number of aryl methyl sites for hydroxylation is 1. The van der Waals surface area contributed by atoms with E-state index >= 15 is 0 Å². The number of hydrogen-bond donors (Lipinski definition) is 1. The lowest BCUT2D eigenvalue weighted by atomic mass is 10.0. The normalized spacial score (nSPS) is 18.1. The number of carbonyl (C=O) groups excluding carboxylic acids is 2. The highest BCUT2D eigenvalue weighted by Gasteiger charge is 2.35. The molecule has 7 rings (SSSR count). The number of aliphatic carboxylic acids is 1. The number of rotatable bonds is 17. The van der Waals surface area contributed by atoms with Crippen molar-refractivity contribution in [1.29, 1.82) is 0 Å². The van der Waals surface area contributed by atoms with Crippen molar-refractivity contribution in [3.05, 3.63) is 89.1 Å². The van der Waals surface area contributed by atoms with Crippen LogP contribution >= 0.6 is 0 Å². The van der Waals surface area contributed by atoms with Gasteiger partial charge in [-0.2, -0.15) is 0 Å².